The second-order valence-electron chi connectivity index (χ2n) is 3.79. The summed E-state index contributed by atoms with van der Waals surface area (Å²) < 4.78 is 5.59. The second kappa shape index (κ2) is 7.13. The van der Waals surface area contributed by atoms with Crippen molar-refractivity contribution in [2.45, 2.75) is 12.5 Å². The average molecular weight is 315 g/mol. The number of primary amides is 1. The quantitative estimate of drug-likeness (QED) is 0.807. The molecule has 18 heavy (non-hydrogen) atoms. The molecule has 1 rings (SSSR count). The van der Waals surface area contributed by atoms with Crippen LogP contribution in [0, 0.1) is 0 Å². The number of nitrogens with one attached hydrogen (secondary N) is 1. The van der Waals surface area contributed by atoms with Gasteiger partial charge in [-0.25, -0.2) is 0 Å². The van der Waals surface area contributed by atoms with Gasteiger partial charge in [-0.1, -0.05) is 28.1 Å². The molecule has 0 radical (unpaired) electrons. The molecule has 3 N–H and O–H groups in total. The molecule has 98 valence electrons. The molecule has 6 heteroatoms. The Bertz CT molecular complexity index is 437. The normalized spacial score (nSPS) is 11.9. The monoisotopic (exact) mass is 314 g/mol. The fraction of sp³-hybridized carbons (Fsp3) is 0.333. The number of halogens is 1. The van der Waals surface area contributed by atoms with Crippen molar-refractivity contribution in [3.8, 4) is 0 Å². The van der Waals surface area contributed by atoms with Crippen molar-refractivity contribution in [1.29, 1.82) is 0 Å². The molecule has 1 aromatic rings. The summed E-state index contributed by atoms with van der Waals surface area (Å²) in [5.74, 6) is -0.935. The Morgan fingerprint density at radius 1 is 1.50 bits per heavy atom. The van der Waals surface area contributed by atoms with Crippen LogP contribution >= 0.6 is 15.9 Å². The lowest BCUT2D eigenvalue weighted by atomic mass is 10.1. The van der Waals surface area contributed by atoms with E-state index in [1.807, 2.05) is 24.3 Å². The predicted molar refractivity (Wildman–Crippen MR) is 70.8 cm³/mol. The van der Waals surface area contributed by atoms with Crippen molar-refractivity contribution >= 4 is 27.7 Å². The van der Waals surface area contributed by atoms with Crippen molar-refractivity contribution in [3.05, 3.63) is 34.3 Å². The molecule has 0 saturated heterocycles. The zero-order valence-corrected chi connectivity index (χ0v) is 11.6. The number of methoxy groups -OCH3 is 1. The third kappa shape index (κ3) is 4.85. The number of nitrogens with two attached hydrogens (primary N) is 1. The highest BCUT2D eigenvalue weighted by Gasteiger charge is 2.18. The molecule has 0 heterocycles. The van der Waals surface area contributed by atoms with E-state index in [0.717, 1.165) is 10.0 Å². The lowest BCUT2D eigenvalue weighted by molar-refractivity contribution is -0.129. The second-order valence-corrected chi connectivity index (χ2v) is 4.71. The standard InChI is InChI=1S/C12H15BrN2O3/c1-18-7-11(16)15-10(12(14)17)6-8-3-2-4-9(13)5-8/h2-5,10H,6-7H2,1H3,(H2,14,17)(H,15,16)/t10-/m0/s1. The minimum absolute atomic E-state index is 0.0950. The van der Waals surface area contributed by atoms with Crippen molar-refractivity contribution in [2.24, 2.45) is 5.73 Å². The zero-order chi connectivity index (χ0) is 13.5. The Kier molecular flexibility index (Phi) is 5.80. The van der Waals surface area contributed by atoms with E-state index in [1.165, 1.54) is 7.11 Å². The Balaban J connectivity index is 2.69. The minimum atomic E-state index is -0.734. The van der Waals surface area contributed by atoms with E-state index in [1.54, 1.807) is 0 Å². The van der Waals surface area contributed by atoms with Gasteiger partial charge >= 0.3 is 0 Å². The molecule has 2 amide bonds. The third-order valence-electron chi connectivity index (χ3n) is 2.28. The fourth-order valence-corrected chi connectivity index (χ4v) is 1.94. The van der Waals surface area contributed by atoms with Crippen LogP contribution in [0.5, 0.6) is 0 Å². The summed E-state index contributed by atoms with van der Waals surface area (Å²) in [7, 11) is 1.41. The molecular formula is C12H15BrN2O3. The van der Waals surface area contributed by atoms with Gasteiger partial charge in [0.15, 0.2) is 0 Å². The maximum absolute atomic E-state index is 11.4. The molecular weight excluding hydrogens is 300 g/mol. The van der Waals surface area contributed by atoms with Crippen LogP contribution in [0.15, 0.2) is 28.7 Å². The molecule has 0 bridgehead atoms. The number of amides is 2. The summed E-state index contributed by atoms with van der Waals surface area (Å²) in [6.07, 6.45) is 0.351. The van der Waals surface area contributed by atoms with Crippen LogP contribution in [0.25, 0.3) is 0 Å². The minimum Gasteiger partial charge on any atom is -0.375 e. The first-order chi connectivity index (χ1) is 8.52. The van der Waals surface area contributed by atoms with Crippen LogP contribution in [0.1, 0.15) is 5.56 Å². The molecule has 0 aliphatic carbocycles. The number of hydrogen-bond donors (Lipinski definition) is 2. The molecule has 1 aromatic carbocycles. The lowest BCUT2D eigenvalue weighted by Crippen LogP contribution is -2.46. The molecule has 0 unspecified atom stereocenters. The number of rotatable bonds is 6. The number of ether oxygens (including phenoxy) is 1. The van der Waals surface area contributed by atoms with Gasteiger partial charge in [-0.3, -0.25) is 9.59 Å². The average Bonchev–Trinajstić information content (AvgIpc) is 2.28. The first-order valence-corrected chi connectivity index (χ1v) is 6.14. The molecule has 0 aliphatic heterocycles. The molecule has 1 atom stereocenters. The van der Waals surface area contributed by atoms with Crippen LogP contribution < -0.4 is 11.1 Å². The van der Waals surface area contributed by atoms with E-state index in [2.05, 4.69) is 26.0 Å². The number of carbonyl (C=O) groups excluding carboxylic acids is 2. The maximum atomic E-state index is 11.4. The Morgan fingerprint density at radius 2 is 2.22 bits per heavy atom. The highest BCUT2D eigenvalue weighted by atomic mass is 79.9. The van der Waals surface area contributed by atoms with Crippen LogP contribution in [0.2, 0.25) is 0 Å². The summed E-state index contributed by atoms with van der Waals surface area (Å²) in [4.78, 5) is 22.6. The van der Waals surface area contributed by atoms with Gasteiger partial charge < -0.3 is 15.8 Å². The molecule has 0 fully saturated rings. The van der Waals surface area contributed by atoms with Gasteiger partial charge in [0, 0.05) is 18.0 Å². The van der Waals surface area contributed by atoms with Gasteiger partial charge in [-0.05, 0) is 17.7 Å². The largest absolute Gasteiger partial charge is 0.375 e. The molecule has 0 aromatic heterocycles. The van der Waals surface area contributed by atoms with E-state index < -0.39 is 11.9 Å². The lowest BCUT2D eigenvalue weighted by Gasteiger charge is -2.15. The van der Waals surface area contributed by atoms with Crippen molar-refractivity contribution in [3.63, 3.8) is 0 Å². The van der Waals surface area contributed by atoms with Crippen molar-refractivity contribution in [1.82, 2.24) is 5.32 Å². The van der Waals surface area contributed by atoms with E-state index in [9.17, 15) is 9.59 Å². The molecule has 0 spiro atoms. The summed E-state index contributed by atoms with van der Waals surface area (Å²) >= 11 is 3.34. The van der Waals surface area contributed by atoms with Crippen LogP contribution in [-0.2, 0) is 20.7 Å². The van der Waals surface area contributed by atoms with Gasteiger partial charge in [-0.15, -0.1) is 0 Å². The first kappa shape index (κ1) is 14.7. The van der Waals surface area contributed by atoms with Crippen LogP contribution in [0.3, 0.4) is 0 Å². The van der Waals surface area contributed by atoms with E-state index in [0.29, 0.717) is 6.42 Å². The van der Waals surface area contributed by atoms with Crippen LogP contribution in [-0.4, -0.2) is 31.6 Å². The highest BCUT2D eigenvalue weighted by Crippen LogP contribution is 2.13. The summed E-state index contributed by atoms with van der Waals surface area (Å²) in [6.45, 7) is -0.0950. The van der Waals surface area contributed by atoms with Gasteiger partial charge in [0.2, 0.25) is 11.8 Å². The number of carbonyl (C=O) groups is 2. The van der Waals surface area contributed by atoms with Gasteiger partial charge in [0.1, 0.15) is 12.6 Å². The SMILES string of the molecule is COCC(=O)N[C@@H](Cc1cccc(Br)c1)C(N)=O. The van der Waals surface area contributed by atoms with E-state index in [-0.39, 0.29) is 12.5 Å². The molecule has 0 saturated carbocycles. The Morgan fingerprint density at radius 3 is 2.78 bits per heavy atom. The van der Waals surface area contributed by atoms with Crippen molar-refractivity contribution in [2.75, 3.05) is 13.7 Å². The third-order valence-corrected chi connectivity index (χ3v) is 2.78. The number of hydrogen-bond acceptors (Lipinski definition) is 3. The maximum Gasteiger partial charge on any atom is 0.246 e. The predicted octanol–water partition coefficient (Wildman–Crippen LogP) is 0.608. The zero-order valence-electron chi connectivity index (χ0n) is 9.98. The fourth-order valence-electron chi connectivity index (χ4n) is 1.49. The van der Waals surface area contributed by atoms with E-state index in [4.69, 9.17) is 5.73 Å². The van der Waals surface area contributed by atoms with Gasteiger partial charge in [0.05, 0.1) is 0 Å². The highest BCUT2D eigenvalue weighted by molar-refractivity contribution is 9.10. The van der Waals surface area contributed by atoms with Crippen LogP contribution in [0.4, 0.5) is 0 Å². The Hall–Kier alpha value is -1.40. The van der Waals surface area contributed by atoms with Crippen molar-refractivity contribution < 1.29 is 14.3 Å². The molecule has 0 aliphatic rings. The number of benzene rings is 1. The summed E-state index contributed by atoms with van der Waals surface area (Å²) in [5.41, 5.74) is 6.17. The Labute approximate surface area is 114 Å². The smallest absolute Gasteiger partial charge is 0.246 e. The topological polar surface area (TPSA) is 81.4 Å². The first-order valence-electron chi connectivity index (χ1n) is 5.35. The van der Waals surface area contributed by atoms with E-state index >= 15 is 0 Å². The van der Waals surface area contributed by atoms with Gasteiger partial charge in [-0.2, -0.15) is 0 Å². The summed E-state index contributed by atoms with van der Waals surface area (Å²) in [6, 6.07) is 6.74. The molecule has 5 nitrogen and oxygen atoms in total. The van der Waals surface area contributed by atoms with Gasteiger partial charge in [0.25, 0.3) is 0 Å². The summed E-state index contributed by atoms with van der Waals surface area (Å²) in [5, 5.41) is 2.53.